The van der Waals surface area contributed by atoms with Crippen molar-refractivity contribution >= 4 is 17.1 Å². The number of benzene rings is 2. The van der Waals surface area contributed by atoms with Gasteiger partial charge in [-0.3, -0.25) is 0 Å². The van der Waals surface area contributed by atoms with Gasteiger partial charge in [-0.15, -0.1) is 0 Å². The highest BCUT2D eigenvalue weighted by Gasteiger charge is 2.18. The highest BCUT2D eigenvalue weighted by atomic mass is 16.5. The maximum Gasteiger partial charge on any atom is 0.341 e. The molecule has 10 nitrogen and oxygen atoms in total. The molecule has 0 unspecified atom stereocenters. The lowest BCUT2D eigenvalue weighted by atomic mass is 10.2. The van der Waals surface area contributed by atoms with Crippen molar-refractivity contribution in [3.8, 4) is 17.6 Å². The van der Waals surface area contributed by atoms with Gasteiger partial charge in [-0.05, 0) is 30.2 Å². The lowest BCUT2D eigenvalue weighted by Crippen LogP contribution is -2.08. The molecule has 2 aromatic carbocycles. The molecule has 0 amide bonds. The van der Waals surface area contributed by atoms with Crippen molar-refractivity contribution < 1.29 is 19.0 Å². The van der Waals surface area contributed by atoms with Gasteiger partial charge in [0.2, 0.25) is 5.88 Å². The first kappa shape index (κ1) is 23.0. The van der Waals surface area contributed by atoms with Gasteiger partial charge >= 0.3 is 5.97 Å². The molecule has 0 aliphatic heterocycles. The van der Waals surface area contributed by atoms with Gasteiger partial charge in [0.05, 0.1) is 31.8 Å². The van der Waals surface area contributed by atoms with Crippen molar-refractivity contribution in [2.75, 3.05) is 13.7 Å². The predicted molar refractivity (Wildman–Crippen MR) is 131 cm³/mol. The molecule has 182 valence electrons. The summed E-state index contributed by atoms with van der Waals surface area (Å²) in [5, 5.41) is 4.24. The molecule has 3 heterocycles. The topological polar surface area (TPSA) is 106 Å². The highest BCUT2D eigenvalue weighted by Crippen LogP contribution is 2.26. The van der Waals surface area contributed by atoms with Crippen molar-refractivity contribution in [3.63, 3.8) is 0 Å². The zero-order chi connectivity index (χ0) is 24.9. The smallest absolute Gasteiger partial charge is 0.341 e. The van der Waals surface area contributed by atoms with Crippen LogP contribution in [0.25, 0.3) is 17.1 Å². The van der Waals surface area contributed by atoms with E-state index in [4.69, 9.17) is 14.2 Å². The normalized spacial score (nSPS) is 10.9. The molecule has 0 saturated carbocycles. The molecule has 10 heteroatoms. The number of nitrogens with zero attached hydrogens (tertiary/aromatic N) is 6. The van der Waals surface area contributed by atoms with E-state index in [9.17, 15) is 4.79 Å². The van der Waals surface area contributed by atoms with Crippen molar-refractivity contribution in [2.45, 2.75) is 20.1 Å². The van der Waals surface area contributed by atoms with Crippen LogP contribution >= 0.6 is 0 Å². The molecule has 0 radical (unpaired) electrons. The van der Waals surface area contributed by atoms with Crippen LogP contribution in [0.3, 0.4) is 0 Å². The fourth-order valence-corrected chi connectivity index (χ4v) is 3.70. The minimum absolute atomic E-state index is 0.229. The van der Waals surface area contributed by atoms with E-state index in [1.807, 2.05) is 59.2 Å². The molecule has 0 aliphatic carbocycles. The van der Waals surface area contributed by atoms with E-state index in [0.717, 1.165) is 16.9 Å². The molecule has 36 heavy (non-hydrogen) atoms. The van der Waals surface area contributed by atoms with Crippen LogP contribution in [-0.4, -0.2) is 49.0 Å². The second-order valence-electron chi connectivity index (χ2n) is 7.89. The van der Waals surface area contributed by atoms with Crippen LogP contribution in [0.5, 0.6) is 11.6 Å². The molecule has 0 spiro atoms. The van der Waals surface area contributed by atoms with Gasteiger partial charge in [-0.25, -0.2) is 14.5 Å². The van der Waals surface area contributed by atoms with Crippen molar-refractivity contribution in [1.29, 1.82) is 0 Å². The summed E-state index contributed by atoms with van der Waals surface area (Å²) in [6.07, 6.45) is 4.63. The predicted octanol–water partition coefficient (Wildman–Crippen LogP) is 3.82. The third-order valence-corrected chi connectivity index (χ3v) is 5.43. The Kier molecular flexibility index (Phi) is 6.57. The Morgan fingerprint density at radius 3 is 2.67 bits per heavy atom. The Balaban J connectivity index is 1.53. The monoisotopic (exact) mass is 484 g/mol. The Morgan fingerprint density at radius 2 is 1.86 bits per heavy atom. The number of hydrogen-bond acceptors (Lipinski definition) is 8. The Bertz CT molecular complexity index is 1500. The minimum atomic E-state index is -0.465. The third kappa shape index (κ3) is 4.88. The van der Waals surface area contributed by atoms with Gasteiger partial charge in [0, 0.05) is 12.7 Å². The molecular formula is C26H24N6O4. The largest absolute Gasteiger partial charge is 0.497 e. The summed E-state index contributed by atoms with van der Waals surface area (Å²) in [6, 6.07) is 17.6. The maximum absolute atomic E-state index is 12.1. The lowest BCUT2D eigenvalue weighted by Gasteiger charge is -2.11. The van der Waals surface area contributed by atoms with E-state index in [2.05, 4.69) is 20.1 Å². The fraction of sp³-hybridized carbons (Fsp3) is 0.192. The van der Waals surface area contributed by atoms with E-state index in [1.54, 1.807) is 20.4 Å². The van der Waals surface area contributed by atoms with E-state index in [1.165, 1.54) is 17.1 Å². The van der Waals surface area contributed by atoms with Crippen LogP contribution < -0.4 is 9.47 Å². The minimum Gasteiger partial charge on any atom is -0.497 e. The van der Waals surface area contributed by atoms with Gasteiger partial charge < -0.3 is 18.8 Å². The van der Waals surface area contributed by atoms with E-state index in [-0.39, 0.29) is 12.6 Å². The molecule has 5 aromatic rings. The van der Waals surface area contributed by atoms with Gasteiger partial charge in [-0.1, -0.05) is 42.5 Å². The number of hydrogen-bond donors (Lipinski definition) is 0. The van der Waals surface area contributed by atoms with Gasteiger partial charge in [0.25, 0.3) is 5.95 Å². The standard InChI is InChI=1S/C26H24N6O4/c1-3-35-25(33)20-13-28-32(15-20)26-29-23-22(24(30-26)36-16-18-8-5-4-6-9-18)31(17-27-23)14-19-10-7-11-21(12-19)34-2/h4-13,15,17H,3,14,16H2,1-2H3. The molecule has 5 rings (SSSR count). The first-order chi connectivity index (χ1) is 17.6. The summed E-state index contributed by atoms with van der Waals surface area (Å²) in [7, 11) is 1.64. The number of carbonyl (C=O) groups excluding carboxylic acids is 1. The highest BCUT2D eigenvalue weighted by molar-refractivity contribution is 5.88. The summed E-state index contributed by atoms with van der Waals surface area (Å²) in [5.74, 6) is 0.889. The summed E-state index contributed by atoms with van der Waals surface area (Å²) in [6.45, 7) is 2.85. The van der Waals surface area contributed by atoms with Crippen LogP contribution in [0.2, 0.25) is 0 Å². The number of esters is 1. The number of ether oxygens (including phenoxy) is 3. The zero-order valence-corrected chi connectivity index (χ0v) is 19.9. The molecule has 0 atom stereocenters. The summed E-state index contributed by atoms with van der Waals surface area (Å²) < 4.78 is 19.9. The summed E-state index contributed by atoms with van der Waals surface area (Å²) in [4.78, 5) is 25.8. The van der Waals surface area contributed by atoms with Gasteiger partial charge in [0.1, 0.15) is 12.4 Å². The molecule has 0 saturated heterocycles. The van der Waals surface area contributed by atoms with Crippen LogP contribution in [0, 0.1) is 0 Å². The quantitative estimate of drug-likeness (QED) is 0.291. The molecule has 0 N–H and O–H groups in total. The number of methoxy groups -OCH3 is 1. The first-order valence-corrected chi connectivity index (χ1v) is 11.4. The van der Waals surface area contributed by atoms with Gasteiger partial charge in [0.15, 0.2) is 11.2 Å². The van der Waals surface area contributed by atoms with Crippen molar-refractivity contribution in [2.24, 2.45) is 0 Å². The summed E-state index contributed by atoms with van der Waals surface area (Å²) >= 11 is 0. The SMILES string of the molecule is CCOC(=O)c1cnn(-c2nc(OCc3ccccc3)c3c(ncn3Cc3cccc(OC)c3)n2)c1. The van der Waals surface area contributed by atoms with Crippen molar-refractivity contribution in [1.82, 2.24) is 29.3 Å². The molecular weight excluding hydrogens is 460 g/mol. The van der Waals surface area contributed by atoms with Crippen molar-refractivity contribution in [3.05, 3.63) is 90.0 Å². The Hall–Kier alpha value is -4.73. The van der Waals surface area contributed by atoms with E-state index >= 15 is 0 Å². The Labute approximate surface area is 207 Å². The van der Waals surface area contributed by atoms with E-state index in [0.29, 0.717) is 35.8 Å². The van der Waals surface area contributed by atoms with E-state index < -0.39 is 5.97 Å². The fourth-order valence-electron chi connectivity index (χ4n) is 3.70. The second-order valence-corrected chi connectivity index (χ2v) is 7.89. The molecule has 0 aliphatic rings. The molecule has 3 aromatic heterocycles. The molecule has 0 fully saturated rings. The zero-order valence-electron chi connectivity index (χ0n) is 19.9. The average molecular weight is 485 g/mol. The lowest BCUT2D eigenvalue weighted by molar-refractivity contribution is 0.0526. The number of fused-ring (bicyclic) bond motifs is 1. The maximum atomic E-state index is 12.1. The number of rotatable bonds is 9. The van der Waals surface area contributed by atoms with Gasteiger partial charge in [-0.2, -0.15) is 15.1 Å². The molecule has 0 bridgehead atoms. The second kappa shape index (κ2) is 10.3. The first-order valence-electron chi connectivity index (χ1n) is 11.4. The number of carbonyl (C=O) groups is 1. The number of imidazole rings is 1. The Morgan fingerprint density at radius 1 is 1.03 bits per heavy atom. The third-order valence-electron chi connectivity index (χ3n) is 5.43. The van der Waals surface area contributed by atoms with Crippen LogP contribution in [0.15, 0.2) is 73.3 Å². The van der Waals surface area contributed by atoms with Crippen LogP contribution in [-0.2, 0) is 17.9 Å². The van der Waals surface area contributed by atoms with Crippen LogP contribution in [0.4, 0.5) is 0 Å². The summed E-state index contributed by atoms with van der Waals surface area (Å²) in [5.41, 5.74) is 3.41. The average Bonchev–Trinajstić information content (AvgIpc) is 3.56. The number of aromatic nitrogens is 6. The van der Waals surface area contributed by atoms with Crippen LogP contribution in [0.1, 0.15) is 28.4 Å².